The summed E-state index contributed by atoms with van der Waals surface area (Å²) in [5.74, 6) is 0. The Balaban J connectivity index is 2.17. The number of rotatable bonds is 3. The van der Waals surface area contributed by atoms with E-state index >= 15 is 0 Å². The van der Waals surface area contributed by atoms with Crippen molar-refractivity contribution in [3.63, 3.8) is 0 Å². The van der Waals surface area contributed by atoms with E-state index in [9.17, 15) is 0 Å². The van der Waals surface area contributed by atoms with E-state index in [-0.39, 0.29) is 0 Å². The Kier molecular flexibility index (Phi) is 3.83. The zero-order chi connectivity index (χ0) is 11.4. The van der Waals surface area contributed by atoms with E-state index in [4.69, 9.17) is 5.26 Å². The van der Waals surface area contributed by atoms with Gasteiger partial charge in [-0.3, -0.25) is 0 Å². The number of nitrogens with zero attached hydrogens (tertiary/aromatic N) is 3. The molecule has 0 bridgehead atoms. The monoisotopic (exact) mass is 265 g/mol. The molecule has 1 aromatic carbocycles. The molecule has 2 aromatic rings. The van der Waals surface area contributed by atoms with Crippen LogP contribution in [0.3, 0.4) is 0 Å². The molecule has 3 nitrogen and oxygen atoms in total. The van der Waals surface area contributed by atoms with E-state index in [2.05, 4.69) is 16.3 Å². The fraction of sp³-hybridized carbons (Fsp3) is 0.100. The van der Waals surface area contributed by atoms with Crippen LogP contribution < -0.4 is 0 Å². The predicted molar refractivity (Wildman–Crippen MR) is 67.0 cm³/mol. The van der Waals surface area contributed by atoms with Gasteiger partial charge in [-0.25, -0.2) is 0 Å². The molecule has 2 rings (SSSR count). The molecular formula is C10H7N3S3. The smallest absolute Gasteiger partial charge is 0.179 e. The van der Waals surface area contributed by atoms with Gasteiger partial charge in [0.1, 0.15) is 0 Å². The van der Waals surface area contributed by atoms with E-state index in [0.717, 1.165) is 13.6 Å². The zero-order valence-electron chi connectivity index (χ0n) is 8.38. The molecule has 16 heavy (non-hydrogen) atoms. The lowest BCUT2D eigenvalue weighted by Gasteiger charge is -1.96. The van der Waals surface area contributed by atoms with Crippen molar-refractivity contribution in [2.75, 3.05) is 6.26 Å². The predicted octanol–water partition coefficient (Wildman–Crippen LogP) is 3.28. The SMILES string of the molecule is CSc1nnc(Sc2cccc(C#N)c2)s1. The summed E-state index contributed by atoms with van der Waals surface area (Å²) in [4.78, 5) is 1.02. The van der Waals surface area contributed by atoms with Crippen molar-refractivity contribution >= 4 is 34.9 Å². The molecule has 0 aliphatic rings. The quantitative estimate of drug-likeness (QED) is 0.797. The third-order valence-corrected chi connectivity index (χ3v) is 4.67. The largest absolute Gasteiger partial charge is 0.192 e. The summed E-state index contributed by atoms with van der Waals surface area (Å²) in [5.41, 5.74) is 0.666. The maximum absolute atomic E-state index is 8.78. The van der Waals surface area contributed by atoms with Crippen molar-refractivity contribution in [2.24, 2.45) is 0 Å². The highest BCUT2D eigenvalue weighted by molar-refractivity contribution is 8.03. The van der Waals surface area contributed by atoms with Gasteiger partial charge in [0.2, 0.25) is 0 Å². The first kappa shape index (κ1) is 11.5. The van der Waals surface area contributed by atoms with Gasteiger partial charge in [0.05, 0.1) is 11.6 Å². The van der Waals surface area contributed by atoms with Gasteiger partial charge in [0.15, 0.2) is 8.68 Å². The molecule has 0 saturated heterocycles. The van der Waals surface area contributed by atoms with Crippen molar-refractivity contribution in [1.29, 1.82) is 5.26 Å². The Morgan fingerprint density at radius 2 is 2.12 bits per heavy atom. The minimum atomic E-state index is 0.666. The standard InChI is InChI=1S/C10H7N3S3/c1-14-9-12-13-10(16-9)15-8-4-2-3-7(5-8)6-11/h2-5H,1H3. The number of benzene rings is 1. The van der Waals surface area contributed by atoms with Crippen molar-refractivity contribution in [3.8, 4) is 6.07 Å². The minimum absolute atomic E-state index is 0.666. The van der Waals surface area contributed by atoms with Gasteiger partial charge in [-0.2, -0.15) is 5.26 Å². The second kappa shape index (κ2) is 5.34. The van der Waals surface area contributed by atoms with Gasteiger partial charge >= 0.3 is 0 Å². The fourth-order valence-electron chi connectivity index (χ4n) is 1.05. The van der Waals surface area contributed by atoms with Crippen LogP contribution in [0.1, 0.15) is 5.56 Å². The van der Waals surface area contributed by atoms with E-state index in [0.29, 0.717) is 5.56 Å². The Hall–Kier alpha value is -1.03. The zero-order valence-corrected chi connectivity index (χ0v) is 10.8. The molecule has 0 amide bonds. The molecule has 0 spiro atoms. The number of nitriles is 1. The molecule has 6 heteroatoms. The highest BCUT2D eigenvalue weighted by atomic mass is 32.2. The lowest BCUT2D eigenvalue weighted by atomic mass is 10.2. The number of hydrogen-bond acceptors (Lipinski definition) is 6. The van der Waals surface area contributed by atoms with Gasteiger partial charge in [-0.1, -0.05) is 40.9 Å². The first-order valence-corrected chi connectivity index (χ1v) is 7.23. The van der Waals surface area contributed by atoms with Crippen LogP contribution in [-0.4, -0.2) is 16.5 Å². The molecule has 1 aromatic heterocycles. The molecule has 80 valence electrons. The van der Waals surface area contributed by atoms with Crippen LogP contribution in [0.4, 0.5) is 0 Å². The van der Waals surface area contributed by atoms with Crippen LogP contribution >= 0.6 is 34.9 Å². The molecule has 0 aliphatic carbocycles. The first-order valence-electron chi connectivity index (χ1n) is 4.37. The molecular weight excluding hydrogens is 258 g/mol. The number of aromatic nitrogens is 2. The van der Waals surface area contributed by atoms with Crippen LogP contribution in [0.15, 0.2) is 37.8 Å². The summed E-state index contributed by atoms with van der Waals surface area (Å²) in [6, 6.07) is 9.60. The summed E-state index contributed by atoms with van der Waals surface area (Å²) < 4.78 is 1.86. The maximum atomic E-state index is 8.78. The molecule has 1 heterocycles. The lowest BCUT2D eigenvalue weighted by Crippen LogP contribution is -1.76. The molecule has 0 radical (unpaired) electrons. The van der Waals surface area contributed by atoms with Crippen LogP contribution in [-0.2, 0) is 0 Å². The summed E-state index contributed by atoms with van der Waals surface area (Å²) >= 11 is 4.68. The highest BCUT2D eigenvalue weighted by Crippen LogP contribution is 2.32. The molecule has 0 unspecified atom stereocenters. The lowest BCUT2D eigenvalue weighted by molar-refractivity contribution is 0.956. The topological polar surface area (TPSA) is 49.6 Å². The Morgan fingerprint density at radius 3 is 2.81 bits per heavy atom. The Labute approximate surface area is 106 Å². The summed E-state index contributed by atoms with van der Waals surface area (Å²) in [7, 11) is 0. The Bertz CT molecular complexity index is 530. The van der Waals surface area contributed by atoms with E-state index in [1.165, 1.54) is 11.8 Å². The van der Waals surface area contributed by atoms with Gasteiger partial charge in [0.25, 0.3) is 0 Å². The van der Waals surface area contributed by atoms with Gasteiger partial charge < -0.3 is 0 Å². The Morgan fingerprint density at radius 1 is 1.31 bits per heavy atom. The second-order valence-electron chi connectivity index (χ2n) is 2.78. The van der Waals surface area contributed by atoms with Crippen LogP contribution in [0.2, 0.25) is 0 Å². The summed E-state index contributed by atoms with van der Waals surface area (Å²) in [5, 5.41) is 16.9. The van der Waals surface area contributed by atoms with E-state index < -0.39 is 0 Å². The van der Waals surface area contributed by atoms with Crippen molar-refractivity contribution < 1.29 is 0 Å². The second-order valence-corrected chi connectivity index (χ2v) is 6.13. The van der Waals surface area contributed by atoms with Crippen LogP contribution in [0.5, 0.6) is 0 Å². The van der Waals surface area contributed by atoms with Gasteiger partial charge in [-0.15, -0.1) is 10.2 Å². The number of thioether (sulfide) groups is 1. The van der Waals surface area contributed by atoms with Crippen molar-refractivity contribution in [2.45, 2.75) is 13.6 Å². The highest BCUT2D eigenvalue weighted by Gasteiger charge is 2.05. The first-order chi connectivity index (χ1) is 7.81. The summed E-state index contributed by atoms with van der Waals surface area (Å²) in [6.07, 6.45) is 1.98. The maximum Gasteiger partial charge on any atom is 0.179 e. The molecule has 0 aliphatic heterocycles. The van der Waals surface area contributed by atoms with Gasteiger partial charge in [0, 0.05) is 4.90 Å². The van der Waals surface area contributed by atoms with E-state index in [1.54, 1.807) is 29.2 Å². The van der Waals surface area contributed by atoms with Crippen molar-refractivity contribution in [1.82, 2.24) is 10.2 Å². The van der Waals surface area contributed by atoms with Crippen LogP contribution in [0, 0.1) is 11.3 Å². The van der Waals surface area contributed by atoms with Crippen LogP contribution in [0.25, 0.3) is 0 Å². The third-order valence-electron chi connectivity index (χ3n) is 1.73. The minimum Gasteiger partial charge on any atom is -0.192 e. The average Bonchev–Trinajstić information content (AvgIpc) is 2.77. The third kappa shape index (κ3) is 2.76. The molecule has 0 atom stereocenters. The normalized spacial score (nSPS) is 10.0. The molecule has 0 fully saturated rings. The van der Waals surface area contributed by atoms with Gasteiger partial charge in [-0.05, 0) is 24.5 Å². The number of hydrogen-bond donors (Lipinski definition) is 0. The van der Waals surface area contributed by atoms with E-state index in [1.807, 2.05) is 24.5 Å². The molecule has 0 N–H and O–H groups in total. The molecule has 0 saturated carbocycles. The summed E-state index contributed by atoms with van der Waals surface area (Å²) in [6.45, 7) is 0. The fourth-order valence-corrected chi connectivity index (χ4v) is 3.52. The van der Waals surface area contributed by atoms with Crippen molar-refractivity contribution in [3.05, 3.63) is 29.8 Å². The average molecular weight is 265 g/mol.